The number of carboxylic acids is 1. The summed E-state index contributed by atoms with van der Waals surface area (Å²) in [5, 5.41) is 14.7. The Morgan fingerprint density at radius 2 is 2.40 bits per heavy atom. The van der Waals surface area contributed by atoms with Crippen molar-refractivity contribution in [3.05, 3.63) is 29.6 Å². The van der Waals surface area contributed by atoms with E-state index in [1.165, 1.54) is 18.3 Å². The molecule has 1 unspecified atom stereocenters. The van der Waals surface area contributed by atoms with Gasteiger partial charge in [-0.1, -0.05) is 0 Å². The maximum Gasteiger partial charge on any atom is 0.335 e. The fraction of sp³-hybridized carbons (Fsp3) is 0.462. The van der Waals surface area contributed by atoms with Gasteiger partial charge in [-0.05, 0) is 12.1 Å². The first kappa shape index (κ1) is 14.4. The molecule has 0 saturated carbocycles. The van der Waals surface area contributed by atoms with Crippen molar-refractivity contribution < 1.29 is 19.4 Å². The Balaban J connectivity index is 1.80. The molecule has 1 aromatic rings. The number of nitrogens with zero attached hydrogens (tertiary/aromatic N) is 1. The zero-order valence-electron chi connectivity index (χ0n) is 11.0. The van der Waals surface area contributed by atoms with E-state index in [4.69, 9.17) is 9.84 Å². The average Bonchev–Trinajstić information content (AvgIpc) is 2.46. The summed E-state index contributed by atoms with van der Waals surface area (Å²) in [7, 11) is 0. The van der Waals surface area contributed by atoms with Crippen molar-refractivity contribution in [3.8, 4) is 0 Å². The zero-order valence-corrected chi connectivity index (χ0v) is 11.0. The van der Waals surface area contributed by atoms with Gasteiger partial charge in [-0.15, -0.1) is 0 Å². The van der Waals surface area contributed by atoms with Gasteiger partial charge in [0.1, 0.15) is 0 Å². The maximum absolute atomic E-state index is 11.7. The highest BCUT2D eigenvalue weighted by atomic mass is 16.5. The predicted molar refractivity (Wildman–Crippen MR) is 70.3 cm³/mol. The van der Waals surface area contributed by atoms with E-state index in [0.717, 1.165) is 6.54 Å². The van der Waals surface area contributed by atoms with Crippen LogP contribution in [0.5, 0.6) is 0 Å². The molecule has 7 heteroatoms. The van der Waals surface area contributed by atoms with E-state index in [9.17, 15) is 9.59 Å². The topological polar surface area (TPSA) is 101 Å². The molecular weight excluding hydrogens is 262 g/mol. The van der Waals surface area contributed by atoms with Gasteiger partial charge in [0.25, 0.3) is 0 Å². The fourth-order valence-corrected chi connectivity index (χ4v) is 1.93. The maximum atomic E-state index is 11.7. The number of hydrogen-bond acceptors (Lipinski definition) is 5. The first-order valence-electron chi connectivity index (χ1n) is 6.42. The summed E-state index contributed by atoms with van der Waals surface area (Å²) in [6.07, 6.45) is 1.59. The van der Waals surface area contributed by atoms with Gasteiger partial charge in [-0.25, -0.2) is 4.79 Å². The highest BCUT2D eigenvalue weighted by Gasteiger charge is 2.17. The lowest BCUT2D eigenvalue weighted by Crippen LogP contribution is -2.41. The molecule has 0 bridgehead atoms. The van der Waals surface area contributed by atoms with Crippen molar-refractivity contribution in [2.45, 2.75) is 19.1 Å². The van der Waals surface area contributed by atoms with Crippen LogP contribution in [-0.2, 0) is 16.1 Å². The van der Waals surface area contributed by atoms with Crippen LogP contribution in [0.2, 0.25) is 0 Å². The van der Waals surface area contributed by atoms with Gasteiger partial charge < -0.3 is 20.5 Å². The number of hydrogen-bond donors (Lipinski definition) is 3. The minimum absolute atomic E-state index is 0.109. The van der Waals surface area contributed by atoms with Crippen molar-refractivity contribution in [2.75, 3.05) is 19.7 Å². The Morgan fingerprint density at radius 3 is 3.10 bits per heavy atom. The van der Waals surface area contributed by atoms with E-state index in [0.29, 0.717) is 18.8 Å². The third kappa shape index (κ3) is 4.29. The molecule has 1 aliphatic heterocycles. The minimum atomic E-state index is -1.01. The highest BCUT2D eigenvalue weighted by molar-refractivity contribution is 5.87. The van der Waals surface area contributed by atoms with Crippen LogP contribution in [-0.4, -0.2) is 47.8 Å². The molecule has 2 rings (SSSR count). The van der Waals surface area contributed by atoms with E-state index >= 15 is 0 Å². The molecule has 1 aromatic heterocycles. The van der Waals surface area contributed by atoms with Crippen molar-refractivity contribution in [2.24, 2.45) is 0 Å². The molecule has 3 N–H and O–H groups in total. The Kier molecular flexibility index (Phi) is 5.03. The van der Waals surface area contributed by atoms with Crippen LogP contribution in [0.15, 0.2) is 18.3 Å². The molecule has 0 radical (unpaired) electrons. The second-order valence-electron chi connectivity index (χ2n) is 4.52. The number of amides is 1. The number of carboxylic acid groups (broad SMARTS) is 1. The number of ether oxygens (including phenoxy) is 1. The van der Waals surface area contributed by atoms with E-state index in [1.54, 1.807) is 0 Å². The monoisotopic (exact) mass is 279 g/mol. The number of nitrogens with one attached hydrogen (secondary N) is 2. The summed E-state index contributed by atoms with van der Waals surface area (Å²) in [5.41, 5.74) is 0.671. The molecule has 0 spiro atoms. The van der Waals surface area contributed by atoms with Gasteiger partial charge in [0.2, 0.25) is 5.91 Å². The summed E-state index contributed by atoms with van der Waals surface area (Å²) in [6, 6.07) is 2.86. The van der Waals surface area contributed by atoms with E-state index in [1.807, 2.05) is 0 Å². The Hall–Kier alpha value is -1.99. The second-order valence-corrected chi connectivity index (χ2v) is 4.52. The highest BCUT2D eigenvalue weighted by Crippen LogP contribution is 2.04. The molecule has 1 amide bonds. The zero-order chi connectivity index (χ0) is 14.4. The quantitative estimate of drug-likeness (QED) is 0.688. The molecular formula is C13H17N3O4. The van der Waals surface area contributed by atoms with Crippen molar-refractivity contribution in [1.82, 2.24) is 15.6 Å². The predicted octanol–water partition coefficient (Wildman–Crippen LogP) is -0.225. The van der Waals surface area contributed by atoms with Gasteiger partial charge in [-0.2, -0.15) is 0 Å². The van der Waals surface area contributed by atoms with Crippen LogP contribution in [0, 0.1) is 0 Å². The van der Waals surface area contributed by atoms with Crippen LogP contribution in [0.25, 0.3) is 0 Å². The number of morpholine rings is 1. The Morgan fingerprint density at radius 1 is 1.55 bits per heavy atom. The molecule has 1 atom stereocenters. The number of aromatic nitrogens is 1. The van der Waals surface area contributed by atoms with Crippen molar-refractivity contribution >= 4 is 11.9 Å². The summed E-state index contributed by atoms with van der Waals surface area (Å²) in [5.74, 6) is -1.15. The fourth-order valence-electron chi connectivity index (χ4n) is 1.93. The smallest absolute Gasteiger partial charge is 0.335 e. The van der Waals surface area contributed by atoms with Crippen LogP contribution in [0.3, 0.4) is 0 Å². The van der Waals surface area contributed by atoms with Crippen LogP contribution in [0.1, 0.15) is 22.5 Å². The molecule has 20 heavy (non-hydrogen) atoms. The lowest BCUT2D eigenvalue weighted by Gasteiger charge is -2.23. The van der Waals surface area contributed by atoms with Crippen LogP contribution >= 0.6 is 0 Å². The number of pyridine rings is 1. The molecule has 7 nitrogen and oxygen atoms in total. The molecule has 108 valence electrons. The van der Waals surface area contributed by atoms with Gasteiger partial charge in [0.05, 0.1) is 36.9 Å². The van der Waals surface area contributed by atoms with Crippen LogP contribution < -0.4 is 10.6 Å². The first-order valence-corrected chi connectivity index (χ1v) is 6.42. The van der Waals surface area contributed by atoms with Crippen LogP contribution in [0.4, 0.5) is 0 Å². The van der Waals surface area contributed by atoms with Gasteiger partial charge in [-0.3, -0.25) is 9.78 Å². The molecule has 2 heterocycles. The molecule has 1 fully saturated rings. The first-order chi connectivity index (χ1) is 9.65. The second kappa shape index (κ2) is 6.97. The number of aromatic carboxylic acids is 1. The van der Waals surface area contributed by atoms with E-state index in [-0.39, 0.29) is 30.5 Å². The lowest BCUT2D eigenvalue weighted by atomic mass is 10.2. The third-order valence-corrected chi connectivity index (χ3v) is 2.95. The largest absolute Gasteiger partial charge is 0.478 e. The van der Waals surface area contributed by atoms with E-state index in [2.05, 4.69) is 15.6 Å². The average molecular weight is 279 g/mol. The molecule has 1 aliphatic rings. The van der Waals surface area contributed by atoms with Gasteiger partial charge in [0.15, 0.2) is 0 Å². The molecule has 0 aromatic carbocycles. The number of carbonyl (C=O) groups excluding carboxylic acids is 1. The molecule has 1 saturated heterocycles. The minimum Gasteiger partial charge on any atom is -0.478 e. The molecule has 0 aliphatic carbocycles. The van der Waals surface area contributed by atoms with Gasteiger partial charge in [0, 0.05) is 19.3 Å². The summed E-state index contributed by atoms with van der Waals surface area (Å²) in [6.45, 7) is 2.30. The third-order valence-electron chi connectivity index (χ3n) is 2.95. The normalized spacial score (nSPS) is 18.5. The standard InChI is InChI=1S/C13H17N3O4/c17-12(6-11-8-14-3-4-20-11)16-7-10-5-9(13(18)19)1-2-15-10/h1-2,5,11,14H,3-4,6-8H2,(H,16,17)(H,18,19). The summed E-state index contributed by atoms with van der Waals surface area (Å²) >= 11 is 0. The Labute approximate surface area is 116 Å². The number of rotatable bonds is 5. The van der Waals surface area contributed by atoms with Crippen molar-refractivity contribution in [1.29, 1.82) is 0 Å². The number of carbonyl (C=O) groups is 2. The SMILES string of the molecule is O=C(CC1CNCCO1)NCc1cc(C(=O)O)ccn1. The van der Waals surface area contributed by atoms with Gasteiger partial charge >= 0.3 is 5.97 Å². The lowest BCUT2D eigenvalue weighted by molar-refractivity contribution is -0.124. The summed E-state index contributed by atoms with van der Waals surface area (Å²) in [4.78, 5) is 26.6. The summed E-state index contributed by atoms with van der Waals surface area (Å²) < 4.78 is 5.43. The van der Waals surface area contributed by atoms with E-state index < -0.39 is 5.97 Å². The Bertz CT molecular complexity index is 486. The van der Waals surface area contributed by atoms with Crippen molar-refractivity contribution in [3.63, 3.8) is 0 Å².